The lowest BCUT2D eigenvalue weighted by Gasteiger charge is -2.38. The lowest BCUT2D eigenvalue weighted by Crippen LogP contribution is -2.48. The van der Waals surface area contributed by atoms with E-state index in [-0.39, 0.29) is 23.4 Å². The van der Waals surface area contributed by atoms with Crippen LogP contribution in [0.3, 0.4) is 0 Å². The van der Waals surface area contributed by atoms with E-state index in [4.69, 9.17) is 4.52 Å². The smallest absolute Gasteiger partial charge is 0.273 e. The van der Waals surface area contributed by atoms with E-state index in [2.05, 4.69) is 36.1 Å². The maximum atomic E-state index is 13.4. The van der Waals surface area contributed by atoms with Gasteiger partial charge in [-0.3, -0.25) is 9.69 Å². The van der Waals surface area contributed by atoms with E-state index in [1.54, 1.807) is 0 Å². The van der Waals surface area contributed by atoms with E-state index in [1.807, 2.05) is 0 Å². The molecular formula is C20H25F2N3O2. The molecule has 1 aromatic heterocycles. The van der Waals surface area contributed by atoms with Crippen molar-refractivity contribution in [3.8, 4) is 11.3 Å². The van der Waals surface area contributed by atoms with Crippen LogP contribution in [0.2, 0.25) is 0 Å². The summed E-state index contributed by atoms with van der Waals surface area (Å²) in [4.78, 5) is 14.7. The Hall–Kier alpha value is -2.28. The number of aromatic nitrogens is 1. The Morgan fingerprint density at radius 1 is 1.26 bits per heavy atom. The van der Waals surface area contributed by atoms with Gasteiger partial charge in [0, 0.05) is 37.3 Å². The minimum Gasteiger partial charge on any atom is -0.355 e. The molecule has 2 heterocycles. The lowest BCUT2D eigenvalue weighted by atomic mass is 9.91. The largest absolute Gasteiger partial charge is 0.355 e. The minimum atomic E-state index is -0.978. The summed E-state index contributed by atoms with van der Waals surface area (Å²) >= 11 is 0. The Balaban J connectivity index is 1.58. The van der Waals surface area contributed by atoms with Gasteiger partial charge in [0.25, 0.3) is 5.91 Å². The van der Waals surface area contributed by atoms with Gasteiger partial charge < -0.3 is 9.84 Å². The first kappa shape index (κ1) is 19.5. The molecule has 1 N–H and O–H groups in total. The molecular weight excluding hydrogens is 352 g/mol. The molecule has 3 unspecified atom stereocenters. The van der Waals surface area contributed by atoms with Crippen LogP contribution < -0.4 is 5.32 Å². The first-order chi connectivity index (χ1) is 12.8. The fourth-order valence-corrected chi connectivity index (χ4v) is 3.70. The standard InChI is InChI=1S/C20H25F2N3O2/c1-12-6-13(2)11-25(10-12)14(3)9-23-20(26)18-8-19(27-24-18)15-4-5-16(21)17(22)7-15/h4-5,7-8,12-14H,6,9-11H2,1-3H3,(H,23,26). The van der Waals surface area contributed by atoms with Crippen LogP contribution in [0, 0.1) is 23.5 Å². The first-order valence-corrected chi connectivity index (χ1v) is 9.28. The summed E-state index contributed by atoms with van der Waals surface area (Å²) in [7, 11) is 0. The third-order valence-corrected chi connectivity index (χ3v) is 5.03. The van der Waals surface area contributed by atoms with Gasteiger partial charge in [0.05, 0.1) is 0 Å². The maximum Gasteiger partial charge on any atom is 0.273 e. The monoisotopic (exact) mass is 377 g/mol. The molecule has 1 aromatic carbocycles. The van der Waals surface area contributed by atoms with E-state index >= 15 is 0 Å². The molecule has 0 bridgehead atoms. The molecule has 7 heteroatoms. The average Bonchev–Trinajstić information content (AvgIpc) is 3.11. The second kappa shape index (κ2) is 8.17. The zero-order chi connectivity index (χ0) is 19.6. The van der Waals surface area contributed by atoms with Gasteiger partial charge in [-0.2, -0.15) is 0 Å². The fourth-order valence-electron chi connectivity index (χ4n) is 3.70. The van der Waals surface area contributed by atoms with Gasteiger partial charge in [0.15, 0.2) is 23.1 Å². The molecule has 0 aliphatic carbocycles. The van der Waals surface area contributed by atoms with Crippen LogP contribution in [0.1, 0.15) is 37.7 Å². The Morgan fingerprint density at radius 2 is 1.96 bits per heavy atom. The molecule has 0 spiro atoms. The number of nitrogens with zero attached hydrogens (tertiary/aromatic N) is 2. The van der Waals surface area contributed by atoms with Crippen molar-refractivity contribution in [2.45, 2.75) is 33.2 Å². The molecule has 27 heavy (non-hydrogen) atoms. The van der Waals surface area contributed by atoms with Crippen LogP contribution in [-0.4, -0.2) is 41.6 Å². The summed E-state index contributed by atoms with van der Waals surface area (Å²) in [5.74, 6) is -0.745. The van der Waals surface area contributed by atoms with Gasteiger partial charge in [0.1, 0.15) is 0 Å². The van der Waals surface area contributed by atoms with Gasteiger partial charge in [-0.05, 0) is 43.4 Å². The highest BCUT2D eigenvalue weighted by molar-refractivity contribution is 5.93. The van der Waals surface area contributed by atoms with Crippen LogP contribution >= 0.6 is 0 Å². The number of halogens is 2. The van der Waals surface area contributed by atoms with E-state index in [0.29, 0.717) is 23.9 Å². The fraction of sp³-hybridized carbons (Fsp3) is 0.500. The van der Waals surface area contributed by atoms with Gasteiger partial charge in [-0.25, -0.2) is 8.78 Å². The zero-order valence-electron chi connectivity index (χ0n) is 15.8. The number of piperidine rings is 1. The zero-order valence-corrected chi connectivity index (χ0v) is 15.8. The molecule has 3 atom stereocenters. The van der Waals surface area contributed by atoms with Crippen LogP contribution in [0.5, 0.6) is 0 Å². The molecule has 1 aliphatic rings. The van der Waals surface area contributed by atoms with Crippen molar-refractivity contribution in [3.05, 3.63) is 41.6 Å². The number of carbonyl (C=O) groups excluding carboxylic acids is 1. The molecule has 5 nitrogen and oxygen atoms in total. The Bertz CT molecular complexity index is 798. The summed E-state index contributed by atoms with van der Waals surface area (Å²) in [5.41, 5.74) is 0.437. The highest BCUT2D eigenvalue weighted by atomic mass is 19.2. The van der Waals surface area contributed by atoms with Crippen molar-refractivity contribution in [1.29, 1.82) is 0 Å². The van der Waals surface area contributed by atoms with Gasteiger partial charge >= 0.3 is 0 Å². The van der Waals surface area contributed by atoms with E-state index in [0.717, 1.165) is 25.2 Å². The highest BCUT2D eigenvalue weighted by Gasteiger charge is 2.25. The predicted octanol–water partition coefficient (Wildman–Crippen LogP) is 3.72. The Labute approximate surface area is 157 Å². The summed E-state index contributed by atoms with van der Waals surface area (Å²) in [6.07, 6.45) is 1.24. The molecule has 146 valence electrons. The average molecular weight is 377 g/mol. The molecule has 1 amide bonds. The normalized spacial score (nSPS) is 21.8. The SMILES string of the molecule is CC1CC(C)CN(C(C)CNC(=O)c2cc(-c3ccc(F)c(F)c3)on2)C1. The summed E-state index contributed by atoms with van der Waals surface area (Å²) < 4.78 is 31.5. The number of amides is 1. The van der Waals surface area contributed by atoms with Crippen molar-refractivity contribution in [1.82, 2.24) is 15.4 Å². The van der Waals surface area contributed by atoms with Crippen LogP contribution in [0.25, 0.3) is 11.3 Å². The summed E-state index contributed by atoms with van der Waals surface area (Å²) in [6.45, 7) is 9.18. The number of likely N-dealkylation sites (tertiary alicyclic amines) is 1. The second-order valence-corrected chi connectivity index (χ2v) is 7.66. The van der Waals surface area contributed by atoms with Crippen LogP contribution in [0.4, 0.5) is 8.78 Å². The molecule has 1 fully saturated rings. The van der Waals surface area contributed by atoms with Gasteiger partial charge in [0.2, 0.25) is 0 Å². The first-order valence-electron chi connectivity index (χ1n) is 9.28. The number of nitrogens with one attached hydrogen (secondary N) is 1. The van der Waals surface area contributed by atoms with E-state index < -0.39 is 11.6 Å². The van der Waals surface area contributed by atoms with Crippen molar-refractivity contribution in [3.63, 3.8) is 0 Å². The third-order valence-electron chi connectivity index (χ3n) is 5.03. The molecule has 0 radical (unpaired) electrons. The summed E-state index contributed by atoms with van der Waals surface area (Å²) in [6, 6.07) is 5.05. The maximum absolute atomic E-state index is 13.4. The quantitative estimate of drug-likeness (QED) is 0.863. The Morgan fingerprint density at radius 3 is 2.63 bits per heavy atom. The molecule has 3 rings (SSSR count). The molecule has 0 saturated carbocycles. The second-order valence-electron chi connectivity index (χ2n) is 7.66. The topological polar surface area (TPSA) is 58.4 Å². The Kier molecular flexibility index (Phi) is 5.89. The van der Waals surface area contributed by atoms with E-state index in [9.17, 15) is 13.6 Å². The van der Waals surface area contributed by atoms with Crippen molar-refractivity contribution in [2.75, 3.05) is 19.6 Å². The van der Waals surface area contributed by atoms with Crippen LogP contribution in [0.15, 0.2) is 28.8 Å². The lowest BCUT2D eigenvalue weighted by molar-refractivity contribution is 0.0862. The van der Waals surface area contributed by atoms with Crippen molar-refractivity contribution < 1.29 is 18.1 Å². The minimum absolute atomic E-state index is 0.113. The number of hydrogen-bond donors (Lipinski definition) is 1. The third kappa shape index (κ3) is 4.71. The number of rotatable bonds is 5. The number of benzene rings is 1. The predicted molar refractivity (Wildman–Crippen MR) is 98.2 cm³/mol. The molecule has 2 aromatic rings. The van der Waals surface area contributed by atoms with E-state index in [1.165, 1.54) is 18.6 Å². The van der Waals surface area contributed by atoms with Crippen molar-refractivity contribution in [2.24, 2.45) is 11.8 Å². The highest BCUT2D eigenvalue weighted by Crippen LogP contribution is 2.23. The van der Waals surface area contributed by atoms with Gasteiger partial charge in [-0.15, -0.1) is 0 Å². The number of carbonyl (C=O) groups is 1. The molecule has 1 saturated heterocycles. The molecule has 1 aliphatic heterocycles. The van der Waals surface area contributed by atoms with Crippen molar-refractivity contribution >= 4 is 5.91 Å². The van der Waals surface area contributed by atoms with Crippen LogP contribution in [-0.2, 0) is 0 Å². The van der Waals surface area contributed by atoms with Gasteiger partial charge in [-0.1, -0.05) is 19.0 Å². The summed E-state index contributed by atoms with van der Waals surface area (Å²) in [5, 5.41) is 6.62. The number of hydrogen-bond acceptors (Lipinski definition) is 4.